The molecule has 0 fully saturated rings. The third-order valence-electron chi connectivity index (χ3n) is 3.58. The molecule has 2 rings (SSSR count). The summed E-state index contributed by atoms with van der Waals surface area (Å²) in [5.41, 5.74) is 2.86. The molecule has 1 atom stereocenters. The van der Waals surface area contributed by atoms with Gasteiger partial charge in [-0.15, -0.1) is 0 Å². The maximum absolute atomic E-state index is 13.4. The van der Waals surface area contributed by atoms with Crippen molar-refractivity contribution in [3.8, 4) is 5.75 Å². The van der Waals surface area contributed by atoms with Crippen molar-refractivity contribution in [2.45, 2.75) is 26.8 Å². The van der Waals surface area contributed by atoms with Crippen LogP contribution < -0.4 is 4.90 Å². The van der Waals surface area contributed by atoms with E-state index in [0.717, 1.165) is 12.2 Å². The number of aromatic hydroxyl groups is 1. The molecule has 0 spiro atoms. The van der Waals surface area contributed by atoms with Crippen molar-refractivity contribution in [1.82, 2.24) is 0 Å². The van der Waals surface area contributed by atoms with Gasteiger partial charge in [-0.25, -0.2) is 4.39 Å². The van der Waals surface area contributed by atoms with Gasteiger partial charge in [0, 0.05) is 17.8 Å². The number of anilines is 1. The molecule has 20 heavy (non-hydrogen) atoms. The van der Waals surface area contributed by atoms with Crippen molar-refractivity contribution in [2.75, 3.05) is 11.4 Å². The highest BCUT2D eigenvalue weighted by molar-refractivity contribution is 5.52. The van der Waals surface area contributed by atoms with Gasteiger partial charge in [0.25, 0.3) is 0 Å². The number of rotatable bonds is 4. The van der Waals surface area contributed by atoms with E-state index in [1.54, 1.807) is 0 Å². The second kappa shape index (κ2) is 5.95. The van der Waals surface area contributed by atoms with Gasteiger partial charge in [0.1, 0.15) is 11.6 Å². The minimum absolute atomic E-state index is 0.0995. The highest BCUT2D eigenvalue weighted by atomic mass is 19.1. The molecule has 2 aromatic rings. The molecule has 2 aromatic carbocycles. The SMILES string of the molecule is CCN(c1cccc(C)c1)C(C)c1cc(F)ccc1O. The summed E-state index contributed by atoms with van der Waals surface area (Å²) in [7, 11) is 0. The number of halogens is 1. The molecule has 0 amide bonds. The molecule has 0 radical (unpaired) electrons. The summed E-state index contributed by atoms with van der Waals surface area (Å²) < 4.78 is 13.4. The van der Waals surface area contributed by atoms with E-state index in [0.29, 0.717) is 5.56 Å². The first kappa shape index (κ1) is 14.4. The van der Waals surface area contributed by atoms with Crippen molar-refractivity contribution < 1.29 is 9.50 Å². The van der Waals surface area contributed by atoms with Crippen molar-refractivity contribution in [1.29, 1.82) is 0 Å². The lowest BCUT2D eigenvalue weighted by atomic mass is 10.0. The van der Waals surface area contributed by atoms with E-state index in [-0.39, 0.29) is 17.6 Å². The molecule has 0 aromatic heterocycles. The van der Waals surface area contributed by atoms with Crippen molar-refractivity contribution in [3.05, 3.63) is 59.4 Å². The minimum Gasteiger partial charge on any atom is -0.508 e. The Kier molecular flexibility index (Phi) is 4.28. The number of phenols is 1. The number of aryl methyl sites for hydroxylation is 1. The third kappa shape index (κ3) is 2.93. The van der Waals surface area contributed by atoms with E-state index in [1.807, 2.05) is 32.0 Å². The third-order valence-corrected chi connectivity index (χ3v) is 3.58. The monoisotopic (exact) mass is 273 g/mol. The van der Waals surface area contributed by atoms with Crippen LogP contribution in [0.2, 0.25) is 0 Å². The predicted octanol–water partition coefficient (Wildman–Crippen LogP) is 4.43. The smallest absolute Gasteiger partial charge is 0.123 e. The Morgan fingerprint density at radius 1 is 1.20 bits per heavy atom. The molecular formula is C17H20FNO. The van der Waals surface area contributed by atoms with E-state index in [1.165, 1.54) is 23.8 Å². The highest BCUT2D eigenvalue weighted by Gasteiger charge is 2.18. The Labute approximate surface area is 119 Å². The number of hydrogen-bond acceptors (Lipinski definition) is 2. The first-order valence-electron chi connectivity index (χ1n) is 6.84. The number of benzene rings is 2. The molecule has 0 saturated carbocycles. The summed E-state index contributed by atoms with van der Waals surface area (Å²) >= 11 is 0. The zero-order valence-electron chi connectivity index (χ0n) is 12.1. The van der Waals surface area contributed by atoms with Gasteiger partial charge in [0.05, 0.1) is 6.04 Å². The zero-order chi connectivity index (χ0) is 14.7. The van der Waals surface area contributed by atoms with Gasteiger partial charge in [-0.1, -0.05) is 12.1 Å². The second-order valence-electron chi connectivity index (χ2n) is 5.00. The topological polar surface area (TPSA) is 23.5 Å². The number of phenolic OH excluding ortho intramolecular Hbond substituents is 1. The van der Waals surface area contributed by atoms with Gasteiger partial charge < -0.3 is 10.0 Å². The first-order chi connectivity index (χ1) is 9.52. The molecule has 2 nitrogen and oxygen atoms in total. The van der Waals surface area contributed by atoms with Crippen LogP contribution in [0.3, 0.4) is 0 Å². The number of nitrogens with zero attached hydrogens (tertiary/aromatic N) is 1. The van der Waals surface area contributed by atoms with E-state index in [4.69, 9.17) is 0 Å². The van der Waals surface area contributed by atoms with E-state index < -0.39 is 0 Å². The molecule has 3 heteroatoms. The predicted molar refractivity (Wildman–Crippen MR) is 80.7 cm³/mol. The van der Waals surface area contributed by atoms with Crippen molar-refractivity contribution in [3.63, 3.8) is 0 Å². The molecule has 1 N–H and O–H groups in total. The molecule has 0 saturated heterocycles. The zero-order valence-corrected chi connectivity index (χ0v) is 12.1. The van der Waals surface area contributed by atoms with E-state index in [2.05, 4.69) is 17.9 Å². The summed E-state index contributed by atoms with van der Waals surface area (Å²) in [6, 6.07) is 12.2. The van der Waals surface area contributed by atoms with Crippen LogP contribution in [0.25, 0.3) is 0 Å². The van der Waals surface area contributed by atoms with Crippen LogP contribution in [0.4, 0.5) is 10.1 Å². The minimum atomic E-state index is -0.329. The van der Waals surface area contributed by atoms with Gasteiger partial charge in [0.15, 0.2) is 0 Å². The molecule has 0 aliphatic carbocycles. The molecule has 0 aliphatic heterocycles. The largest absolute Gasteiger partial charge is 0.508 e. The lowest BCUT2D eigenvalue weighted by Crippen LogP contribution is -2.26. The summed E-state index contributed by atoms with van der Waals surface area (Å²) in [5, 5.41) is 9.96. The van der Waals surface area contributed by atoms with Gasteiger partial charge in [-0.2, -0.15) is 0 Å². The molecule has 0 aliphatic rings. The van der Waals surface area contributed by atoms with Crippen LogP contribution in [0.5, 0.6) is 5.75 Å². The summed E-state index contributed by atoms with van der Waals surface area (Å²) in [6.45, 7) is 6.84. The molecule has 1 unspecified atom stereocenters. The van der Waals surface area contributed by atoms with Crippen LogP contribution in [0.1, 0.15) is 31.0 Å². The standard InChI is InChI=1S/C17H20FNO/c1-4-19(15-7-5-6-12(2)10-15)13(3)16-11-14(18)8-9-17(16)20/h5-11,13,20H,4H2,1-3H3. The fraction of sp³-hybridized carbons (Fsp3) is 0.294. The Hall–Kier alpha value is -2.03. The van der Waals surface area contributed by atoms with Crippen molar-refractivity contribution >= 4 is 5.69 Å². The lowest BCUT2D eigenvalue weighted by molar-refractivity contribution is 0.458. The molecule has 0 heterocycles. The first-order valence-corrected chi connectivity index (χ1v) is 6.84. The molecular weight excluding hydrogens is 253 g/mol. The lowest BCUT2D eigenvalue weighted by Gasteiger charge is -2.31. The summed E-state index contributed by atoms with van der Waals surface area (Å²) in [5.74, 6) is -0.199. The Morgan fingerprint density at radius 2 is 1.95 bits per heavy atom. The van der Waals surface area contributed by atoms with Gasteiger partial charge in [0.2, 0.25) is 0 Å². The maximum Gasteiger partial charge on any atom is 0.123 e. The van der Waals surface area contributed by atoms with Gasteiger partial charge in [-0.3, -0.25) is 0 Å². The Morgan fingerprint density at radius 3 is 2.60 bits per heavy atom. The van der Waals surface area contributed by atoms with Crippen LogP contribution in [0.15, 0.2) is 42.5 Å². The van der Waals surface area contributed by atoms with Crippen LogP contribution in [-0.2, 0) is 0 Å². The molecule has 0 bridgehead atoms. The Balaban J connectivity index is 2.38. The van der Waals surface area contributed by atoms with Gasteiger partial charge in [-0.05, 0) is 56.7 Å². The second-order valence-corrected chi connectivity index (χ2v) is 5.00. The van der Waals surface area contributed by atoms with Crippen LogP contribution in [0, 0.1) is 12.7 Å². The quantitative estimate of drug-likeness (QED) is 0.891. The van der Waals surface area contributed by atoms with E-state index in [9.17, 15) is 9.50 Å². The molecule has 106 valence electrons. The number of hydrogen-bond donors (Lipinski definition) is 1. The van der Waals surface area contributed by atoms with Crippen molar-refractivity contribution in [2.24, 2.45) is 0 Å². The average molecular weight is 273 g/mol. The Bertz CT molecular complexity index is 597. The fourth-order valence-electron chi connectivity index (χ4n) is 2.51. The van der Waals surface area contributed by atoms with Crippen LogP contribution >= 0.6 is 0 Å². The maximum atomic E-state index is 13.4. The average Bonchev–Trinajstić information content (AvgIpc) is 2.42. The van der Waals surface area contributed by atoms with E-state index >= 15 is 0 Å². The van der Waals surface area contributed by atoms with Gasteiger partial charge >= 0.3 is 0 Å². The normalized spacial score (nSPS) is 12.2. The fourth-order valence-corrected chi connectivity index (χ4v) is 2.51. The highest BCUT2D eigenvalue weighted by Crippen LogP contribution is 2.32. The summed E-state index contributed by atoms with van der Waals surface area (Å²) in [4.78, 5) is 2.14. The van der Waals surface area contributed by atoms with Crippen LogP contribution in [-0.4, -0.2) is 11.7 Å². The summed E-state index contributed by atoms with van der Waals surface area (Å²) in [6.07, 6.45) is 0.